The van der Waals surface area contributed by atoms with Crippen molar-refractivity contribution < 1.29 is 19.4 Å². The number of unbranched alkanes of at least 4 members (excludes halogenated alkanes) is 1. The Morgan fingerprint density at radius 2 is 0.977 bits per heavy atom. The van der Waals surface area contributed by atoms with Gasteiger partial charge in [-0.25, -0.2) is 0 Å². The molecule has 0 N–H and O–H groups in total. The Labute approximate surface area is 256 Å². The van der Waals surface area contributed by atoms with Crippen molar-refractivity contribution >= 4 is 22.9 Å². The fraction of sp³-hybridized carbons (Fsp3) is 0.278. The maximum atomic E-state index is 13.1. The van der Waals surface area contributed by atoms with Gasteiger partial charge >= 0.3 is 0 Å². The van der Waals surface area contributed by atoms with Crippen LogP contribution in [0.2, 0.25) is 0 Å². The Morgan fingerprint density at radius 3 is 1.30 bits per heavy atom. The molecular formula is C36H34N2O6. The molecular weight excluding hydrogens is 556 g/mol. The largest absolute Gasteiger partial charge is 0.289 e. The van der Waals surface area contributed by atoms with E-state index in [4.69, 9.17) is 0 Å². The van der Waals surface area contributed by atoms with Crippen LogP contribution in [0.5, 0.6) is 0 Å². The monoisotopic (exact) mass is 590 g/mol. The van der Waals surface area contributed by atoms with Gasteiger partial charge in [0.05, 0.1) is 9.85 Å². The second kappa shape index (κ2) is 13.1. The summed E-state index contributed by atoms with van der Waals surface area (Å²) < 4.78 is 0. The summed E-state index contributed by atoms with van der Waals surface area (Å²) >= 11 is 0. The van der Waals surface area contributed by atoms with Gasteiger partial charge in [0, 0.05) is 51.9 Å². The molecule has 8 nitrogen and oxygen atoms in total. The van der Waals surface area contributed by atoms with Crippen molar-refractivity contribution in [2.75, 3.05) is 0 Å². The van der Waals surface area contributed by atoms with Crippen LogP contribution in [-0.4, -0.2) is 21.4 Å². The molecule has 0 saturated heterocycles. The summed E-state index contributed by atoms with van der Waals surface area (Å²) in [5.41, 5.74) is 3.64. The number of benzene rings is 4. The first-order valence-electron chi connectivity index (χ1n) is 15.0. The third kappa shape index (κ3) is 6.34. The van der Waals surface area contributed by atoms with Crippen LogP contribution in [0.1, 0.15) is 94.8 Å². The van der Waals surface area contributed by atoms with Crippen LogP contribution in [0.3, 0.4) is 0 Å². The molecule has 44 heavy (non-hydrogen) atoms. The molecule has 8 heteroatoms. The van der Waals surface area contributed by atoms with Crippen LogP contribution in [-0.2, 0) is 5.41 Å². The molecule has 0 radical (unpaired) electrons. The van der Waals surface area contributed by atoms with Crippen molar-refractivity contribution in [1.29, 1.82) is 0 Å². The van der Waals surface area contributed by atoms with E-state index in [1.54, 1.807) is 0 Å². The van der Waals surface area contributed by atoms with Crippen LogP contribution >= 0.6 is 0 Å². The average molecular weight is 591 g/mol. The van der Waals surface area contributed by atoms with E-state index in [-0.39, 0.29) is 28.4 Å². The summed E-state index contributed by atoms with van der Waals surface area (Å²) in [5, 5.41) is 22.0. The molecule has 0 amide bonds. The van der Waals surface area contributed by atoms with Crippen LogP contribution < -0.4 is 0 Å². The molecule has 224 valence electrons. The van der Waals surface area contributed by atoms with Gasteiger partial charge < -0.3 is 0 Å². The van der Waals surface area contributed by atoms with Gasteiger partial charge in [0.2, 0.25) is 0 Å². The first kappa shape index (κ1) is 30.5. The van der Waals surface area contributed by atoms with E-state index in [1.807, 2.05) is 48.5 Å². The fourth-order valence-corrected chi connectivity index (χ4v) is 6.38. The van der Waals surface area contributed by atoms with E-state index in [2.05, 4.69) is 6.92 Å². The Morgan fingerprint density at radius 1 is 0.636 bits per heavy atom. The minimum absolute atomic E-state index is 0.0613. The lowest BCUT2D eigenvalue weighted by Gasteiger charge is -2.41. The number of ketones is 2. The molecule has 0 aliphatic heterocycles. The van der Waals surface area contributed by atoms with Gasteiger partial charge in [-0.1, -0.05) is 74.7 Å². The maximum Gasteiger partial charge on any atom is 0.269 e. The predicted molar refractivity (Wildman–Crippen MR) is 168 cm³/mol. The number of hydrogen-bond donors (Lipinski definition) is 0. The van der Waals surface area contributed by atoms with Gasteiger partial charge in [-0.05, 0) is 67.0 Å². The van der Waals surface area contributed by atoms with Crippen molar-refractivity contribution in [2.24, 2.45) is 5.92 Å². The van der Waals surface area contributed by atoms with Crippen LogP contribution in [0, 0.1) is 26.1 Å². The lowest BCUT2D eigenvalue weighted by molar-refractivity contribution is -0.385. The van der Waals surface area contributed by atoms with Crippen molar-refractivity contribution in [3.05, 3.63) is 151 Å². The highest BCUT2D eigenvalue weighted by Crippen LogP contribution is 2.47. The zero-order valence-corrected chi connectivity index (χ0v) is 24.6. The van der Waals surface area contributed by atoms with Crippen molar-refractivity contribution in [3.63, 3.8) is 0 Å². The number of nitro groups is 2. The van der Waals surface area contributed by atoms with E-state index in [0.717, 1.165) is 36.8 Å². The SMILES string of the molecule is CCCCC1CCC(c2ccc(C(=O)c3ccc([N+](=O)[O-])cc3)cc2)(c2ccc(C(=O)c3ccc([N+](=O)[O-])cc3)cc2)CC1. The van der Waals surface area contributed by atoms with Gasteiger partial charge in [0.25, 0.3) is 11.4 Å². The van der Waals surface area contributed by atoms with E-state index in [1.165, 1.54) is 67.8 Å². The summed E-state index contributed by atoms with van der Waals surface area (Å²) in [5.74, 6) is 0.282. The smallest absolute Gasteiger partial charge is 0.269 e. The Hall–Kier alpha value is -4.98. The number of nitro benzene ring substituents is 2. The summed E-state index contributed by atoms with van der Waals surface area (Å²) in [6.45, 7) is 2.21. The molecule has 1 aliphatic carbocycles. The van der Waals surface area contributed by atoms with E-state index >= 15 is 0 Å². The number of carbonyl (C=O) groups excluding carboxylic acids is 2. The highest BCUT2D eigenvalue weighted by molar-refractivity contribution is 6.09. The molecule has 1 fully saturated rings. The van der Waals surface area contributed by atoms with Gasteiger partial charge in [-0.3, -0.25) is 29.8 Å². The van der Waals surface area contributed by atoms with Gasteiger partial charge in [-0.15, -0.1) is 0 Å². The Balaban J connectivity index is 1.42. The van der Waals surface area contributed by atoms with E-state index in [9.17, 15) is 29.8 Å². The molecule has 0 atom stereocenters. The molecule has 4 aromatic rings. The molecule has 0 spiro atoms. The quantitative estimate of drug-likeness (QED) is 0.0979. The fourth-order valence-electron chi connectivity index (χ4n) is 6.38. The van der Waals surface area contributed by atoms with Crippen molar-refractivity contribution in [3.8, 4) is 0 Å². The van der Waals surface area contributed by atoms with Gasteiger partial charge in [0.1, 0.15) is 0 Å². The first-order valence-corrected chi connectivity index (χ1v) is 15.0. The average Bonchev–Trinajstić information content (AvgIpc) is 3.07. The maximum absolute atomic E-state index is 13.1. The molecule has 0 aromatic heterocycles. The summed E-state index contributed by atoms with van der Waals surface area (Å²) in [4.78, 5) is 47.3. The van der Waals surface area contributed by atoms with E-state index in [0.29, 0.717) is 28.2 Å². The topological polar surface area (TPSA) is 120 Å². The highest BCUT2D eigenvalue weighted by atomic mass is 16.6. The first-order chi connectivity index (χ1) is 21.2. The third-order valence-electron chi connectivity index (χ3n) is 9.00. The normalized spacial score (nSPS) is 14.6. The van der Waals surface area contributed by atoms with Crippen LogP contribution in [0.4, 0.5) is 11.4 Å². The van der Waals surface area contributed by atoms with Gasteiger partial charge in [-0.2, -0.15) is 0 Å². The Kier molecular flexibility index (Phi) is 9.09. The Bertz CT molecular complexity index is 1540. The molecule has 0 unspecified atom stereocenters. The minimum Gasteiger partial charge on any atom is -0.289 e. The summed E-state index contributed by atoms with van der Waals surface area (Å²) in [6, 6.07) is 26.6. The van der Waals surface area contributed by atoms with Gasteiger partial charge in [0.15, 0.2) is 11.6 Å². The number of nitrogens with zero attached hydrogens (tertiary/aromatic N) is 2. The standard InChI is InChI=1S/C36H34N2O6/c1-2-3-4-25-21-23-36(24-22-25,30-13-5-26(6-14-30)34(39)28-9-17-32(18-10-28)37(41)42)31-15-7-27(8-16-31)35(40)29-11-19-33(20-12-29)38(43)44/h5-20,25H,2-4,21-24H2,1H3. The summed E-state index contributed by atoms with van der Waals surface area (Å²) in [6.07, 6.45) is 7.70. The third-order valence-corrected chi connectivity index (χ3v) is 9.00. The van der Waals surface area contributed by atoms with Crippen LogP contribution in [0.25, 0.3) is 0 Å². The van der Waals surface area contributed by atoms with Crippen molar-refractivity contribution in [1.82, 2.24) is 0 Å². The number of carbonyl (C=O) groups is 2. The lowest BCUT2D eigenvalue weighted by atomic mass is 9.62. The second-order valence-electron chi connectivity index (χ2n) is 11.6. The number of rotatable bonds is 11. The summed E-state index contributed by atoms with van der Waals surface area (Å²) in [7, 11) is 0. The molecule has 0 heterocycles. The van der Waals surface area contributed by atoms with E-state index < -0.39 is 9.85 Å². The second-order valence-corrected chi connectivity index (χ2v) is 11.6. The molecule has 1 aliphatic rings. The molecule has 1 saturated carbocycles. The van der Waals surface area contributed by atoms with Crippen LogP contribution in [0.15, 0.2) is 97.1 Å². The zero-order valence-electron chi connectivity index (χ0n) is 24.6. The molecule has 5 rings (SSSR count). The highest BCUT2D eigenvalue weighted by Gasteiger charge is 2.38. The number of non-ortho nitro benzene ring substituents is 2. The molecule has 0 bridgehead atoms. The number of hydrogen-bond acceptors (Lipinski definition) is 6. The lowest BCUT2D eigenvalue weighted by Crippen LogP contribution is -2.33. The van der Waals surface area contributed by atoms with Crippen molar-refractivity contribution in [2.45, 2.75) is 57.3 Å². The minimum atomic E-state index is -0.488. The zero-order chi connectivity index (χ0) is 31.3. The molecule has 4 aromatic carbocycles. The predicted octanol–water partition coefficient (Wildman–Crippen LogP) is 8.63.